The van der Waals surface area contributed by atoms with E-state index in [4.69, 9.17) is 5.73 Å². The second kappa shape index (κ2) is 3.86. The van der Waals surface area contributed by atoms with E-state index in [0.29, 0.717) is 18.2 Å². The number of hydrogen-bond donors (Lipinski definition) is 1. The van der Waals surface area contributed by atoms with Gasteiger partial charge in [-0.3, -0.25) is 9.59 Å². The summed E-state index contributed by atoms with van der Waals surface area (Å²) in [6, 6.07) is 3.61. The van der Waals surface area contributed by atoms with E-state index in [1.165, 1.54) is 0 Å². The molecule has 2 aliphatic rings. The van der Waals surface area contributed by atoms with Crippen molar-refractivity contribution < 1.29 is 4.79 Å². The Balaban J connectivity index is 2.03. The van der Waals surface area contributed by atoms with Gasteiger partial charge in [-0.2, -0.15) is 0 Å². The van der Waals surface area contributed by atoms with Crippen molar-refractivity contribution in [3.8, 4) is 0 Å². The molecule has 1 aromatic rings. The smallest absolute Gasteiger partial charge is 0.273 e. The summed E-state index contributed by atoms with van der Waals surface area (Å²) in [4.78, 5) is 25.4. The van der Waals surface area contributed by atoms with Gasteiger partial charge >= 0.3 is 0 Å². The molecule has 5 nitrogen and oxygen atoms in total. The average Bonchev–Trinajstić information content (AvgIpc) is 2.34. The minimum atomic E-state index is -0.0847. The van der Waals surface area contributed by atoms with Crippen LogP contribution in [-0.2, 0) is 11.3 Å². The molecule has 2 bridgehead atoms. The van der Waals surface area contributed by atoms with Crippen LogP contribution in [0.4, 0.5) is 5.69 Å². The van der Waals surface area contributed by atoms with E-state index >= 15 is 0 Å². The fourth-order valence-corrected chi connectivity index (χ4v) is 3.22. The molecule has 2 atom stereocenters. The van der Waals surface area contributed by atoms with Gasteiger partial charge in [-0.05, 0) is 24.5 Å². The topological polar surface area (TPSA) is 68.3 Å². The van der Waals surface area contributed by atoms with Gasteiger partial charge in [0.15, 0.2) is 0 Å². The maximum Gasteiger partial charge on any atom is 0.273 e. The normalized spacial score (nSPS) is 25.7. The Bertz CT molecular complexity index is 564. The maximum absolute atomic E-state index is 12.0. The van der Waals surface area contributed by atoms with Crippen LogP contribution in [0.1, 0.15) is 25.0 Å². The summed E-state index contributed by atoms with van der Waals surface area (Å²) in [7, 11) is 0. The second-order valence-corrected chi connectivity index (χ2v) is 5.35. The Labute approximate surface area is 105 Å². The average molecular weight is 247 g/mol. The lowest BCUT2D eigenvalue weighted by Gasteiger charge is -2.42. The van der Waals surface area contributed by atoms with Crippen LogP contribution in [0, 0.1) is 5.92 Å². The molecule has 0 saturated carbocycles. The van der Waals surface area contributed by atoms with Crippen LogP contribution in [-0.4, -0.2) is 28.5 Å². The van der Waals surface area contributed by atoms with Gasteiger partial charge in [0.2, 0.25) is 5.91 Å². The second-order valence-electron chi connectivity index (χ2n) is 5.35. The van der Waals surface area contributed by atoms with Crippen LogP contribution in [0.15, 0.2) is 16.9 Å². The third-order valence-electron chi connectivity index (χ3n) is 4.08. The number of piperidine rings is 1. The maximum atomic E-state index is 12.0. The van der Waals surface area contributed by atoms with Gasteiger partial charge in [0.1, 0.15) is 0 Å². The standard InChI is InChI=1S/C13H17N3O2/c1-8(17)15-5-9-4-10(7-15)12-3-2-11(14)13(18)16(12)6-9/h2-3,9-10H,4-7,14H2,1H3/t9-,10+/m0/s1. The highest BCUT2D eigenvalue weighted by Gasteiger charge is 2.35. The first kappa shape index (κ1) is 11.3. The minimum Gasteiger partial charge on any atom is -0.394 e. The van der Waals surface area contributed by atoms with Crippen molar-refractivity contribution in [3.05, 3.63) is 28.2 Å². The summed E-state index contributed by atoms with van der Waals surface area (Å²) in [6.07, 6.45) is 1.06. The lowest BCUT2D eigenvalue weighted by Crippen LogP contribution is -2.48. The molecular formula is C13H17N3O2. The molecule has 0 unspecified atom stereocenters. The third kappa shape index (κ3) is 1.62. The van der Waals surface area contributed by atoms with Gasteiger partial charge in [-0.25, -0.2) is 0 Å². The molecule has 2 aliphatic heterocycles. The highest BCUT2D eigenvalue weighted by atomic mass is 16.2. The Hall–Kier alpha value is -1.78. The molecule has 0 radical (unpaired) electrons. The predicted molar refractivity (Wildman–Crippen MR) is 68.2 cm³/mol. The number of aromatic nitrogens is 1. The molecule has 96 valence electrons. The Morgan fingerprint density at radius 1 is 1.33 bits per heavy atom. The van der Waals surface area contributed by atoms with Gasteiger partial charge in [-0.1, -0.05) is 0 Å². The zero-order chi connectivity index (χ0) is 12.9. The number of amides is 1. The third-order valence-corrected chi connectivity index (χ3v) is 4.08. The van der Waals surface area contributed by atoms with Crippen molar-refractivity contribution in [2.24, 2.45) is 5.92 Å². The lowest BCUT2D eigenvalue weighted by molar-refractivity contribution is -0.131. The molecule has 1 aromatic heterocycles. The predicted octanol–water partition coefficient (Wildman–Crippen LogP) is 0.396. The van der Waals surface area contributed by atoms with Crippen LogP contribution in [0.3, 0.4) is 0 Å². The number of hydrogen-bond acceptors (Lipinski definition) is 3. The van der Waals surface area contributed by atoms with Crippen LogP contribution in [0.2, 0.25) is 0 Å². The van der Waals surface area contributed by atoms with Crippen molar-refractivity contribution in [3.63, 3.8) is 0 Å². The minimum absolute atomic E-state index is 0.0847. The van der Waals surface area contributed by atoms with Gasteiger partial charge in [0.25, 0.3) is 5.56 Å². The van der Waals surface area contributed by atoms with E-state index in [1.54, 1.807) is 17.6 Å². The summed E-state index contributed by atoms with van der Waals surface area (Å²) in [5.41, 5.74) is 6.92. The molecule has 0 aromatic carbocycles. The van der Waals surface area contributed by atoms with E-state index in [-0.39, 0.29) is 17.4 Å². The van der Waals surface area contributed by atoms with Gasteiger partial charge in [-0.15, -0.1) is 0 Å². The van der Waals surface area contributed by atoms with Crippen molar-refractivity contribution in [2.45, 2.75) is 25.8 Å². The van der Waals surface area contributed by atoms with Crippen LogP contribution in [0.5, 0.6) is 0 Å². The van der Waals surface area contributed by atoms with E-state index in [9.17, 15) is 9.59 Å². The highest BCUT2D eigenvalue weighted by molar-refractivity contribution is 5.73. The molecule has 1 saturated heterocycles. The molecule has 0 spiro atoms. The van der Waals surface area contributed by atoms with E-state index in [2.05, 4.69) is 0 Å². The number of nitrogen functional groups attached to an aromatic ring is 1. The summed E-state index contributed by atoms with van der Waals surface area (Å²) in [5, 5.41) is 0. The number of anilines is 1. The quantitative estimate of drug-likeness (QED) is 0.721. The largest absolute Gasteiger partial charge is 0.394 e. The number of nitrogens with zero attached hydrogens (tertiary/aromatic N) is 2. The number of rotatable bonds is 0. The van der Waals surface area contributed by atoms with Crippen molar-refractivity contribution in [1.29, 1.82) is 0 Å². The Morgan fingerprint density at radius 3 is 2.83 bits per heavy atom. The molecule has 1 fully saturated rings. The van der Waals surface area contributed by atoms with E-state index < -0.39 is 0 Å². The fraction of sp³-hybridized carbons (Fsp3) is 0.538. The molecule has 0 aliphatic carbocycles. The molecule has 2 N–H and O–H groups in total. The van der Waals surface area contributed by atoms with Crippen LogP contribution in [0.25, 0.3) is 0 Å². The summed E-state index contributed by atoms with van der Waals surface area (Å²) >= 11 is 0. The number of likely N-dealkylation sites (tertiary alicyclic amines) is 1. The number of pyridine rings is 1. The number of carbonyl (C=O) groups excluding carboxylic acids is 1. The monoisotopic (exact) mass is 247 g/mol. The molecule has 3 heterocycles. The SMILES string of the molecule is CC(=O)N1C[C@@H]2C[C@H](C1)c1ccc(N)c(=O)n1C2. The molecule has 3 rings (SSSR count). The number of carbonyl (C=O) groups is 1. The van der Waals surface area contributed by atoms with Gasteiger partial charge in [0.05, 0.1) is 5.69 Å². The van der Waals surface area contributed by atoms with Gasteiger partial charge < -0.3 is 15.2 Å². The number of fused-ring (bicyclic) bond motifs is 4. The first-order chi connectivity index (χ1) is 8.56. The molecule has 1 amide bonds. The zero-order valence-corrected chi connectivity index (χ0v) is 10.4. The van der Waals surface area contributed by atoms with Crippen molar-refractivity contribution >= 4 is 11.6 Å². The van der Waals surface area contributed by atoms with Crippen LogP contribution >= 0.6 is 0 Å². The van der Waals surface area contributed by atoms with E-state index in [1.807, 2.05) is 11.0 Å². The molecule has 18 heavy (non-hydrogen) atoms. The van der Waals surface area contributed by atoms with Gasteiger partial charge in [0, 0.05) is 38.2 Å². The number of nitrogens with two attached hydrogens (primary N) is 1. The summed E-state index contributed by atoms with van der Waals surface area (Å²) in [5.74, 6) is 0.769. The molecular weight excluding hydrogens is 230 g/mol. The first-order valence-corrected chi connectivity index (χ1v) is 6.31. The Morgan fingerprint density at radius 2 is 2.11 bits per heavy atom. The fourth-order valence-electron chi connectivity index (χ4n) is 3.22. The van der Waals surface area contributed by atoms with Crippen molar-refractivity contribution in [2.75, 3.05) is 18.8 Å². The zero-order valence-electron chi connectivity index (χ0n) is 10.4. The van der Waals surface area contributed by atoms with Crippen LogP contribution < -0.4 is 11.3 Å². The summed E-state index contributed by atoms with van der Waals surface area (Å²) in [6.45, 7) is 3.76. The first-order valence-electron chi connectivity index (χ1n) is 6.31. The lowest BCUT2D eigenvalue weighted by atomic mass is 9.83. The summed E-state index contributed by atoms with van der Waals surface area (Å²) < 4.78 is 1.80. The van der Waals surface area contributed by atoms with Crippen molar-refractivity contribution in [1.82, 2.24) is 9.47 Å². The Kier molecular flexibility index (Phi) is 2.43. The van der Waals surface area contributed by atoms with E-state index in [0.717, 1.165) is 25.2 Å². The highest BCUT2D eigenvalue weighted by Crippen LogP contribution is 2.35. The molecule has 5 heteroatoms.